The zero-order chi connectivity index (χ0) is 12.6. The summed E-state index contributed by atoms with van der Waals surface area (Å²) < 4.78 is 10.5. The number of carbonyl (C=O) groups is 1. The zero-order valence-electron chi connectivity index (χ0n) is 8.17. The molecule has 1 aromatic carbocycles. The molecule has 0 saturated heterocycles. The lowest BCUT2D eigenvalue weighted by atomic mass is 10.2. The molecule has 16 heavy (non-hydrogen) atoms. The van der Waals surface area contributed by atoms with Crippen molar-refractivity contribution in [1.29, 1.82) is 0 Å². The highest BCUT2D eigenvalue weighted by molar-refractivity contribution is 5.87. The second-order valence-electron chi connectivity index (χ2n) is 2.52. The molecule has 0 fully saturated rings. The molecule has 0 heterocycles. The van der Waals surface area contributed by atoms with Crippen molar-refractivity contribution in [3.8, 4) is 0 Å². The monoisotopic (exact) mass is 231 g/mol. The van der Waals surface area contributed by atoms with Crippen molar-refractivity contribution >= 4 is 11.7 Å². The van der Waals surface area contributed by atoms with Gasteiger partial charge < -0.3 is 10.2 Å². The highest BCUT2D eigenvalue weighted by Gasteiger charge is 2.06. The van der Waals surface area contributed by atoms with Gasteiger partial charge in [-0.1, -0.05) is 0 Å². The van der Waals surface area contributed by atoms with E-state index >= 15 is 0 Å². The van der Waals surface area contributed by atoms with Gasteiger partial charge in [0.15, 0.2) is 0 Å². The fourth-order valence-corrected chi connectivity index (χ4v) is 0.726. The standard InChI is InChI=1S/C7H5NO4.C2H5FO/c9-7(10)5-1-3-6(4-2-5)8(11)12;3-1-2-4/h1-4H,(H,9,10);4H,1-2H2. The summed E-state index contributed by atoms with van der Waals surface area (Å²) in [6.45, 7) is -0.972. The van der Waals surface area contributed by atoms with Gasteiger partial charge in [0.2, 0.25) is 0 Å². The predicted molar refractivity (Wildman–Crippen MR) is 53.1 cm³/mol. The number of non-ortho nitro benzene ring substituents is 1. The van der Waals surface area contributed by atoms with Crippen molar-refractivity contribution in [2.75, 3.05) is 13.3 Å². The number of nitrogens with zero attached hydrogens (tertiary/aromatic N) is 1. The van der Waals surface area contributed by atoms with Gasteiger partial charge in [0.1, 0.15) is 6.67 Å². The van der Waals surface area contributed by atoms with Crippen LogP contribution >= 0.6 is 0 Å². The molecule has 0 aliphatic heterocycles. The van der Waals surface area contributed by atoms with Crippen molar-refractivity contribution in [3.63, 3.8) is 0 Å². The molecule has 1 rings (SSSR count). The Morgan fingerprint density at radius 2 is 1.81 bits per heavy atom. The lowest BCUT2D eigenvalue weighted by Gasteiger charge is -1.92. The van der Waals surface area contributed by atoms with Crippen LogP contribution in [0, 0.1) is 10.1 Å². The molecule has 0 unspecified atom stereocenters. The summed E-state index contributed by atoms with van der Waals surface area (Å²) in [6.07, 6.45) is 0. The molecule has 0 saturated carbocycles. The first-order valence-corrected chi connectivity index (χ1v) is 4.17. The molecule has 7 heteroatoms. The fraction of sp³-hybridized carbons (Fsp3) is 0.222. The van der Waals surface area contributed by atoms with Crippen LogP contribution in [0.2, 0.25) is 0 Å². The quantitative estimate of drug-likeness (QED) is 0.602. The minimum absolute atomic E-state index is 0.0422. The van der Waals surface area contributed by atoms with E-state index < -0.39 is 17.6 Å². The van der Waals surface area contributed by atoms with Crippen LogP contribution in [0.25, 0.3) is 0 Å². The maximum absolute atomic E-state index is 10.5. The number of benzene rings is 1. The topological polar surface area (TPSA) is 101 Å². The van der Waals surface area contributed by atoms with E-state index in [2.05, 4.69) is 0 Å². The third-order valence-electron chi connectivity index (χ3n) is 1.41. The summed E-state index contributed by atoms with van der Waals surface area (Å²) in [5.41, 5.74) is -0.0689. The lowest BCUT2D eigenvalue weighted by molar-refractivity contribution is -0.384. The summed E-state index contributed by atoms with van der Waals surface area (Å²) in [6, 6.07) is 4.70. The van der Waals surface area contributed by atoms with Crippen LogP contribution in [-0.2, 0) is 0 Å². The number of nitro groups is 1. The fourth-order valence-electron chi connectivity index (χ4n) is 0.726. The number of rotatable bonds is 3. The highest BCUT2D eigenvalue weighted by atomic mass is 19.1. The number of halogens is 1. The maximum atomic E-state index is 10.5. The van der Waals surface area contributed by atoms with E-state index in [-0.39, 0.29) is 17.9 Å². The number of hydrogen-bond donors (Lipinski definition) is 2. The van der Waals surface area contributed by atoms with E-state index in [1.54, 1.807) is 0 Å². The Bertz CT molecular complexity index is 316. The minimum Gasteiger partial charge on any atom is -0.478 e. The minimum atomic E-state index is -1.09. The first-order valence-electron chi connectivity index (χ1n) is 4.17. The third-order valence-corrected chi connectivity index (χ3v) is 1.41. The van der Waals surface area contributed by atoms with Gasteiger partial charge in [-0.3, -0.25) is 10.1 Å². The number of aromatic carboxylic acids is 1. The van der Waals surface area contributed by atoms with Gasteiger partial charge >= 0.3 is 5.97 Å². The Morgan fingerprint density at radius 3 is 2.06 bits per heavy atom. The molecule has 0 spiro atoms. The number of hydrogen-bond acceptors (Lipinski definition) is 4. The largest absolute Gasteiger partial charge is 0.478 e. The Kier molecular flexibility index (Phi) is 6.37. The number of aliphatic hydroxyl groups is 1. The number of carboxylic acid groups (broad SMARTS) is 1. The van der Waals surface area contributed by atoms with Crippen molar-refractivity contribution in [3.05, 3.63) is 39.9 Å². The van der Waals surface area contributed by atoms with Crippen molar-refractivity contribution < 1.29 is 24.3 Å². The second-order valence-corrected chi connectivity index (χ2v) is 2.52. The summed E-state index contributed by atoms with van der Waals surface area (Å²) >= 11 is 0. The number of nitro benzene ring substituents is 1. The summed E-state index contributed by atoms with van der Waals surface area (Å²) in [4.78, 5) is 19.9. The van der Waals surface area contributed by atoms with E-state index in [0.29, 0.717) is 0 Å². The average Bonchev–Trinajstić information content (AvgIpc) is 2.29. The van der Waals surface area contributed by atoms with Crippen LogP contribution in [0.4, 0.5) is 10.1 Å². The molecule has 0 aromatic heterocycles. The Hall–Kier alpha value is -2.02. The summed E-state index contributed by atoms with van der Waals surface area (Å²) in [5.74, 6) is -1.09. The normalized spacial score (nSPS) is 8.88. The van der Waals surface area contributed by atoms with Crippen LogP contribution in [-0.4, -0.2) is 34.4 Å². The Morgan fingerprint density at radius 1 is 1.38 bits per heavy atom. The maximum Gasteiger partial charge on any atom is 0.335 e. The Labute approximate surface area is 90.1 Å². The molecule has 6 nitrogen and oxygen atoms in total. The molecule has 0 atom stereocenters. The highest BCUT2D eigenvalue weighted by Crippen LogP contribution is 2.11. The molecule has 0 bridgehead atoms. The van der Waals surface area contributed by atoms with Crippen LogP contribution in [0.1, 0.15) is 10.4 Å². The molecule has 0 aliphatic rings. The van der Waals surface area contributed by atoms with E-state index in [9.17, 15) is 19.3 Å². The van der Waals surface area contributed by atoms with Crippen LogP contribution < -0.4 is 0 Å². The van der Waals surface area contributed by atoms with Gasteiger partial charge in [-0.2, -0.15) is 0 Å². The Balaban J connectivity index is 0.000000487. The van der Waals surface area contributed by atoms with E-state index in [0.717, 1.165) is 12.1 Å². The average molecular weight is 231 g/mol. The van der Waals surface area contributed by atoms with Crippen molar-refractivity contribution in [2.24, 2.45) is 0 Å². The van der Waals surface area contributed by atoms with Gasteiger partial charge in [-0.25, -0.2) is 9.18 Å². The number of alkyl halides is 1. The smallest absolute Gasteiger partial charge is 0.335 e. The summed E-state index contributed by atoms with van der Waals surface area (Å²) in [7, 11) is 0. The van der Waals surface area contributed by atoms with Gasteiger partial charge in [0, 0.05) is 12.1 Å². The predicted octanol–water partition coefficient (Wildman–Crippen LogP) is 1.24. The van der Waals surface area contributed by atoms with Crippen molar-refractivity contribution in [1.82, 2.24) is 0 Å². The molecule has 1 aromatic rings. The number of aliphatic hydroxyl groups excluding tert-OH is 1. The van der Waals surface area contributed by atoms with Crippen LogP contribution in [0.15, 0.2) is 24.3 Å². The van der Waals surface area contributed by atoms with Crippen molar-refractivity contribution in [2.45, 2.75) is 0 Å². The molecule has 88 valence electrons. The number of carboxylic acids is 1. The molecule has 2 N–H and O–H groups in total. The second kappa shape index (κ2) is 7.30. The molecular formula is C9H10FNO5. The lowest BCUT2D eigenvalue weighted by Crippen LogP contribution is -1.96. The van der Waals surface area contributed by atoms with Crippen LogP contribution in [0.3, 0.4) is 0 Å². The first kappa shape index (κ1) is 14.0. The molecule has 0 amide bonds. The van der Waals surface area contributed by atoms with Gasteiger partial charge in [0.05, 0.1) is 17.1 Å². The van der Waals surface area contributed by atoms with Gasteiger partial charge in [-0.15, -0.1) is 0 Å². The molecule has 0 aliphatic carbocycles. The first-order chi connectivity index (χ1) is 7.52. The van der Waals surface area contributed by atoms with E-state index in [1.165, 1.54) is 12.1 Å². The SMILES string of the molecule is O=C(O)c1ccc([N+](=O)[O-])cc1.OCCF. The molecular weight excluding hydrogens is 221 g/mol. The molecule has 0 radical (unpaired) electrons. The van der Waals surface area contributed by atoms with E-state index in [4.69, 9.17) is 10.2 Å². The van der Waals surface area contributed by atoms with E-state index in [1.807, 2.05) is 0 Å². The zero-order valence-corrected chi connectivity index (χ0v) is 8.17. The van der Waals surface area contributed by atoms with Gasteiger partial charge in [-0.05, 0) is 12.1 Å². The van der Waals surface area contributed by atoms with Crippen LogP contribution in [0.5, 0.6) is 0 Å². The van der Waals surface area contributed by atoms with Gasteiger partial charge in [0.25, 0.3) is 5.69 Å². The summed E-state index contributed by atoms with van der Waals surface area (Å²) in [5, 5.41) is 26.1. The third kappa shape index (κ3) is 5.01.